The minimum absolute atomic E-state index is 0.0726. The highest BCUT2D eigenvalue weighted by molar-refractivity contribution is 7.89. The van der Waals surface area contributed by atoms with Crippen molar-refractivity contribution in [3.05, 3.63) is 52.1 Å². The summed E-state index contributed by atoms with van der Waals surface area (Å²) in [6, 6.07) is 6.81. The van der Waals surface area contributed by atoms with Gasteiger partial charge < -0.3 is 10.1 Å². The lowest BCUT2D eigenvalue weighted by Gasteiger charge is -2.24. The number of carbonyl (C=O) groups excluding carboxylic acids is 2. The van der Waals surface area contributed by atoms with Gasteiger partial charge in [-0.2, -0.15) is 4.31 Å². The quantitative estimate of drug-likeness (QED) is 0.628. The molecule has 0 bridgehead atoms. The van der Waals surface area contributed by atoms with Gasteiger partial charge in [-0.3, -0.25) is 9.59 Å². The molecule has 0 radical (unpaired) electrons. The molecule has 1 aliphatic heterocycles. The fraction of sp³-hybridized carbons (Fsp3) is 0.350. The Hall–Kier alpha value is -2.20. The number of anilines is 1. The molecule has 3 rings (SSSR count). The van der Waals surface area contributed by atoms with Crippen LogP contribution in [0.15, 0.2) is 41.4 Å². The van der Waals surface area contributed by atoms with Gasteiger partial charge in [-0.15, -0.1) is 0 Å². The van der Waals surface area contributed by atoms with Crippen LogP contribution in [0.2, 0.25) is 10.0 Å². The van der Waals surface area contributed by atoms with Crippen LogP contribution in [0.3, 0.4) is 0 Å². The van der Waals surface area contributed by atoms with Crippen LogP contribution in [-0.2, 0) is 24.3 Å². The Morgan fingerprint density at radius 2 is 1.94 bits per heavy atom. The standard InChI is InChI=1S/C20H21Cl2N3O5S/c1-12-5-7-15(8-6-12)31(28,29)25-9-3-4-17(25)20(27)30-13(2)19(26)24-18-16(22)10-14(21)11-23-18/h5-8,10-11,13,17H,3-4,9H2,1-2H3,(H,23,24,26)/t13-,17+/m1/s1. The van der Waals surface area contributed by atoms with Gasteiger partial charge in [-0.1, -0.05) is 40.9 Å². The van der Waals surface area contributed by atoms with Crippen LogP contribution >= 0.6 is 23.2 Å². The van der Waals surface area contributed by atoms with Crippen LogP contribution in [0.1, 0.15) is 25.3 Å². The fourth-order valence-corrected chi connectivity index (χ4v) is 5.21. The van der Waals surface area contributed by atoms with Crippen LogP contribution in [0, 0.1) is 6.92 Å². The van der Waals surface area contributed by atoms with Crippen molar-refractivity contribution in [1.29, 1.82) is 0 Å². The fourth-order valence-electron chi connectivity index (χ4n) is 3.14. The Kier molecular flexibility index (Phi) is 7.20. The maximum atomic E-state index is 13.0. The van der Waals surface area contributed by atoms with Gasteiger partial charge in [0.1, 0.15) is 6.04 Å². The normalized spacial score (nSPS) is 17.9. The Morgan fingerprint density at radius 3 is 2.58 bits per heavy atom. The summed E-state index contributed by atoms with van der Waals surface area (Å²) in [6.45, 7) is 3.43. The number of benzene rings is 1. The van der Waals surface area contributed by atoms with E-state index in [1.165, 1.54) is 31.3 Å². The first-order valence-electron chi connectivity index (χ1n) is 9.50. The molecule has 11 heteroatoms. The number of pyridine rings is 1. The van der Waals surface area contributed by atoms with Crippen LogP contribution in [0.5, 0.6) is 0 Å². The lowest BCUT2D eigenvalue weighted by atomic mass is 10.2. The number of hydrogen-bond acceptors (Lipinski definition) is 6. The maximum Gasteiger partial charge on any atom is 0.325 e. The van der Waals surface area contributed by atoms with Crippen LogP contribution in [0.25, 0.3) is 0 Å². The number of esters is 1. The molecule has 0 unspecified atom stereocenters. The molecule has 8 nitrogen and oxygen atoms in total. The van der Waals surface area contributed by atoms with Crippen molar-refractivity contribution < 1.29 is 22.7 Å². The number of rotatable bonds is 6. The Morgan fingerprint density at radius 1 is 1.26 bits per heavy atom. The highest BCUT2D eigenvalue weighted by Crippen LogP contribution is 2.28. The van der Waals surface area contributed by atoms with Crippen LogP contribution < -0.4 is 5.32 Å². The molecule has 2 heterocycles. The molecule has 1 aliphatic rings. The first kappa shape index (κ1) is 23.5. The van der Waals surface area contributed by atoms with E-state index in [0.29, 0.717) is 17.9 Å². The molecule has 2 aromatic rings. The summed E-state index contributed by atoms with van der Waals surface area (Å²) < 4.78 is 32.4. The Balaban J connectivity index is 1.68. The monoisotopic (exact) mass is 485 g/mol. The van der Waals surface area contributed by atoms with E-state index in [1.807, 2.05) is 6.92 Å². The molecule has 1 aromatic carbocycles. The van der Waals surface area contributed by atoms with Gasteiger partial charge in [0.25, 0.3) is 5.91 Å². The predicted octanol–water partition coefficient (Wildman–Crippen LogP) is 3.42. The summed E-state index contributed by atoms with van der Waals surface area (Å²) in [5, 5.41) is 2.89. The number of nitrogens with zero attached hydrogens (tertiary/aromatic N) is 2. The molecule has 166 valence electrons. The second-order valence-electron chi connectivity index (χ2n) is 7.14. The van der Waals surface area contributed by atoms with E-state index < -0.39 is 34.0 Å². The summed E-state index contributed by atoms with van der Waals surface area (Å²) >= 11 is 11.8. The van der Waals surface area contributed by atoms with Crippen LogP contribution in [-0.4, -0.2) is 48.3 Å². The van der Waals surface area contributed by atoms with E-state index in [4.69, 9.17) is 27.9 Å². The second kappa shape index (κ2) is 9.52. The van der Waals surface area contributed by atoms with Crippen molar-refractivity contribution in [2.45, 2.75) is 43.7 Å². The van der Waals surface area contributed by atoms with E-state index in [1.54, 1.807) is 12.1 Å². The maximum absolute atomic E-state index is 13.0. The van der Waals surface area contributed by atoms with Gasteiger partial charge in [0, 0.05) is 12.7 Å². The van der Waals surface area contributed by atoms with Gasteiger partial charge in [0.2, 0.25) is 10.0 Å². The zero-order valence-electron chi connectivity index (χ0n) is 16.8. The van der Waals surface area contributed by atoms with Gasteiger partial charge in [-0.05, 0) is 44.9 Å². The molecule has 0 aliphatic carbocycles. The lowest BCUT2D eigenvalue weighted by Crippen LogP contribution is -2.43. The van der Waals surface area contributed by atoms with E-state index in [2.05, 4.69) is 10.3 Å². The van der Waals surface area contributed by atoms with Gasteiger partial charge in [0.15, 0.2) is 11.9 Å². The molecular weight excluding hydrogens is 465 g/mol. The predicted molar refractivity (Wildman–Crippen MR) is 117 cm³/mol. The minimum Gasteiger partial charge on any atom is -0.451 e. The van der Waals surface area contributed by atoms with Crippen LogP contribution in [0.4, 0.5) is 5.82 Å². The van der Waals surface area contributed by atoms with E-state index in [0.717, 1.165) is 9.87 Å². The van der Waals surface area contributed by atoms with Crippen molar-refractivity contribution in [1.82, 2.24) is 9.29 Å². The Labute approximate surface area is 190 Å². The average Bonchev–Trinajstić information content (AvgIpc) is 3.21. The second-order valence-corrected chi connectivity index (χ2v) is 9.87. The third kappa shape index (κ3) is 5.35. The number of halogens is 2. The number of sulfonamides is 1. The molecule has 1 saturated heterocycles. The smallest absolute Gasteiger partial charge is 0.325 e. The number of aromatic nitrogens is 1. The molecular formula is C20H21Cl2N3O5S. The number of nitrogens with one attached hydrogen (secondary N) is 1. The average molecular weight is 486 g/mol. The molecule has 1 N–H and O–H groups in total. The van der Waals surface area contributed by atoms with Crippen molar-refractivity contribution in [3.8, 4) is 0 Å². The number of amides is 1. The van der Waals surface area contributed by atoms with Gasteiger partial charge >= 0.3 is 5.97 Å². The number of hydrogen-bond donors (Lipinski definition) is 1. The third-order valence-corrected chi connectivity index (χ3v) is 7.23. The molecule has 1 amide bonds. The van der Waals surface area contributed by atoms with E-state index >= 15 is 0 Å². The summed E-state index contributed by atoms with van der Waals surface area (Å²) in [4.78, 5) is 29.1. The summed E-state index contributed by atoms with van der Waals surface area (Å²) in [7, 11) is -3.87. The molecule has 0 saturated carbocycles. The Bertz CT molecular complexity index is 1090. The SMILES string of the molecule is Cc1ccc(S(=O)(=O)N2CCC[C@H]2C(=O)O[C@H](C)C(=O)Nc2ncc(Cl)cc2Cl)cc1. The van der Waals surface area contributed by atoms with Crippen molar-refractivity contribution in [2.24, 2.45) is 0 Å². The van der Waals surface area contributed by atoms with Crippen molar-refractivity contribution >= 4 is 50.9 Å². The molecule has 2 atom stereocenters. The first-order chi connectivity index (χ1) is 14.6. The summed E-state index contributed by atoms with van der Waals surface area (Å²) in [6.07, 6.45) is 0.940. The zero-order valence-corrected chi connectivity index (χ0v) is 19.2. The molecule has 1 aromatic heterocycles. The first-order valence-corrected chi connectivity index (χ1v) is 11.7. The highest BCUT2D eigenvalue weighted by atomic mass is 35.5. The summed E-state index contributed by atoms with van der Waals surface area (Å²) in [5.41, 5.74) is 0.923. The highest BCUT2D eigenvalue weighted by Gasteiger charge is 2.41. The van der Waals surface area contributed by atoms with Gasteiger partial charge in [-0.25, -0.2) is 13.4 Å². The number of ether oxygens (including phenoxy) is 1. The number of carbonyl (C=O) groups is 2. The third-order valence-electron chi connectivity index (χ3n) is 4.81. The molecule has 1 fully saturated rings. The summed E-state index contributed by atoms with van der Waals surface area (Å²) in [5.74, 6) is -1.37. The van der Waals surface area contributed by atoms with E-state index in [9.17, 15) is 18.0 Å². The number of aryl methyl sites for hydroxylation is 1. The van der Waals surface area contributed by atoms with E-state index in [-0.39, 0.29) is 22.3 Å². The zero-order chi connectivity index (χ0) is 22.8. The van der Waals surface area contributed by atoms with Gasteiger partial charge in [0.05, 0.1) is 14.9 Å². The molecule has 31 heavy (non-hydrogen) atoms. The molecule has 0 spiro atoms. The largest absolute Gasteiger partial charge is 0.451 e. The van der Waals surface area contributed by atoms with Crippen molar-refractivity contribution in [2.75, 3.05) is 11.9 Å². The minimum atomic E-state index is -3.87. The lowest BCUT2D eigenvalue weighted by molar-refractivity contribution is -0.156. The topological polar surface area (TPSA) is 106 Å². The van der Waals surface area contributed by atoms with Crippen molar-refractivity contribution in [3.63, 3.8) is 0 Å².